The van der Waals surface area contributed by atoms with Crippen LogP contribution in [0.4, 0.5) is 11.1 Å². The average Bonchev–Trinajstić information content (AvgIpc) is 3.00. The molecular formula is C14H8ClN3OS. The molecule has 0 unspecified atom stereocenters. The Hall–Kier alpha value is -2.11. The number of hydrogen-bond acceptors (Lipinski definition) is 5. The number of nitrogens with one attached hydrogen (secondary N) is 1. The second kappa shape index (κ2) is 4.47. The molecule has 20 heavy (non-hydrogen) atoms. The molecule has 0 saturated carbocycles. The van der Waals surface area contributed by atoms with Gasteiger partial charge in [0, 0.05) is 5.02 Å². The topological polar surface area (TPSA) is 51.0 Å². The van der Waals surface area contributed by atoms with Crippen LogP contribution in [0.3, 0.4) is 0 Å². The first-order chi connectivity index (χ1) is 9.78. The molecule has 2 aromatic heterocycles. The van der Waals surface area contributed by atoms with E-state index in [1.165, 1.54) is 11.3 Å². The van der Waals surface area contributed by atoms with Crippen LogP contribution >= 0.6 is 22.9 Å². The maximum atomic E-state index is 5.97. The first-order valence-corrected chi connectivity index (χ1v) is 7.16. The van der Waals surface area contributed by atoms with Crippen molar-refractivity contribution in [3.05, 3.63) is 47.5 Å². The maximum Gasteiger partial charge on any atom is 0.302 e. The van der Waals surface area contributed by atoms with Crippen molar-refractivity contribution < 1.29 is 4.42 Å². The smallest absolute Gasteiger partial charge is 0.302 e. The van der Waals surface area contributed by atoms with Gasteiger partial charge in [-0.1, -0.05) is 35.1 Å². The van der Waals surface area contributed by atoms with E-state index in [1.54, 1.807) is 0 Å². The SMILES string of the molecule is Clc1ccc2nc(Nc3nc4ccccc4o3)sc2c1. The highest BCUT2D eigenvalue weighted by molar-refractivity contribution is 7.22. The molecular weight excluding hydrogens is 294 g/mol. The molecule has 0 atom stereocenters. The van der Waals surface area contributed by atoms with E-state index < -0.39 is 0 Å². The summed E-state index contributed by atoms with van der Waals surface area (Å²) in [5.74, 6) is 0. The minimum absolute atomic E-state index is 0.441. The Bertz CT molecular complexity index is 882. The third-order valence-electron chi connectivity index (χ3n) is 2.86. The van der Waals surface area contributed by atoms with Gasteiger partial charge in [-0.05, 0) is 30.3 Å². The molecule has 0 fully saturated rings. The summed E-state index contributed by atoms with van der Waals surface area (Å²) in [6.07, 6.45) is 0. The molecule has 0 bridgehead atoms. The van der Waals surface area contributed by atoms with Gasteiger partial charge in [0.25, 0.3) is 0 Å². The molecule has 4 nitrogen and oxygen atoms in total. The van der Waals surface area contributed by atoms with Crippen molar-refractivity contribution in [3.8, 4) is 0 Å². The largest absolute Gasteiger partial charge is 0.423 e. The molecule has 1 N–H and O–H groups in total. The number of nitrogens with zero attached hydrogens (tertiary/aromatic N) is 2. The van der Waals surface area contributed by atoms with Crippen molar-refractivity contribution in [1.29, 1.82) is 0 Å². The van der Waals surface area contributed by atoms with Crippen LogP contribution in [0.15, 0.2) is 46.9 Å². The predicted molar refractivity (Wildman–Crippen MR) is 81.9 cm³/mol. The van der Waals surface area contributed by atoms with Crippen LogP contribution in [0, 0.1) is 0 Å². The first kappa shape index (κ1) is 11.7. The fourth-order valence-corrected chi connectivity index (χ4v) is 3.10. The van der Waals surface area contributed by atoms with Gasteiger partial charge in [0.05, 0.1) is 10.2 Å². The molecule has 2 aromatic carbocycles. The minimum Gasteiger partial charge on any atom is -0.423 e. The first-order valence-electron chi connectivity index (χ1n) is 5.97. The Balaban J connectivity index is 1.72. The highest BCUT2D eigenvalue weighted by Crippen LogP contribution is 2.30. The zero-order valence-corrected chi connectivity index (χ0v) is 11.7. The third-order valence-corrected chi connectivity index (χ3v) is 4.03. The lowest BCUT2D eigenvalue weighted by Crippen LogP contribution is -1.88. The molecule has 0 aliphatic carbocycles. The molecule has 0 aliphatic heterocycles. The predicted octanol–water partition coefficient (Wildman–Crippen LogP) is 4.83. The summed E-state index contributed by atoms with van der Waals surface area (Å²) in [5.41, 5.74) is 2.47. The van der Waals surface area contributed by atoms with Crippen molar-refractivity contribution in [2.45, 2.75) is 0 Å². The summed E-state index contributed by atoms with van der Waals surface area (Å²) in [6.45, 7) is 0. The molecule has 0 aliphatic rings. The molecule has 4 rings (SSSR count). The third kappa shape index (κ3) is 2.01. The minimum atomic E-state index is 0.441. The van der Waals surface area contributed by atoms with Crippen LogP contribution in [-0.4, -0.2) is 9.97 Å². The number of fused-ring (bicyclic) bond motifs is 2. The standard InChI is InChI=1S/C14H8ClN3OS/c15-8-5-6-10-12(7-8)20-14(17-10)18-13-16-9-3-1-2-4-11(9)19-13/h1-7H,(H,16,17,18). The Morgan fingerprint density at radius 1 is 1.05 bits per heavy atom. The Morgan fingerprint density at radius 3 is 2.85 bits per heavy atom. The molecule has 0 radical (unpaired) electrons. The number of para-hydroxylation sites is 2. The van der Waals surface area contributed by atoms with Gasteiger partial charge in [0.1, 0.15) is 5.52 Å². The number of halogens is 1. The summed E-state index contributed by atoms with van der Waals surface area (Å²) in [4.78, 5) is 8.83. The summed E-state index contributed by atoms with van der Waals surface area (Å²) < 4.78 is 6.63. The lowest BCUT2D eigenvalue weighted by molar-refractivity contribution is 0.623. The van der Waals surface area contributed by atoms with Gasteiger partial charge >= 0.3 is 6.01 Å². The van der Waals surface area contributed by atoms with Crippen LogP contribution < -0.4 is 5.32 Å². The summed E-state index contributed by atoms with van der Waals surface area (Å²) in [6, 6.07) is 13.7. The fourth-order valence-electron chi connectivity index (χ4n) is 1.97. The quantitative estimate of drug-likeness (QED) is 0.576. The maximum absolute atomic E-state index is 5.97. The van der Waals surface area contributed by atoms with E-state index in [4.69, 9.17) is 16.0 Å². The van der Waals surface area contributed by atoms with E-state index in [-0.39, 0.29) is 0 Å². The van der Waals surface area contributed by atoms with Crippen LogP contribution in [0.2, 0.25) is 5.02 Å². The van der Waals surface area contributed by atoms with Crippen molar-refractivity contribution in [2.24, 2.45) is 0 Å². The van der Waals surface area contributed by atoms with Gasteiger partial charge in [-0.3, -0.25) is 5.32 Å². The van der Waals surface area contributed by atoms with E-state index in [1.807, 2.05) is 42.5 Å². The van der Waals surface area contributed by atoms with Crippen molar-refractivity contribution in [1.82, 2.24) is 9.97 Å². The number of anilines is 2. The Morgan fingerprint density at radius 2 is 1.95 bits per heavy atom. The normalized spacial score (nSPS) is 11.2. The molecule has 0 saturated heterocycles. The lowest BCUT2D eigenvalue weighted by atomic mass is 10.3. The zero-order chi connectivity index (χ0) is 13.5. The molecule has 4 aromatic rings. The fraction of sp³-hybridized carbons (Fsp3) is 0. The number of oxazole rings is 1. The number of thiazole rings is 1. The van der Waals surface area contributed by atoms with Gasteiger partial charge in [-0.15, -0.1) is 0 Å². The number of benzene rings is 2. The highest BCUT2D eigenvalue weighted by Gasteiger charge is 2.09. The Kier molecular flexibility index (Phi) is 2.61. The number of aromatic nitrogens is 2. The molecule has 0 amide bonds. The van der Waals surface area contributed by atoms with E-state index in [2.05, 4.69) is 15.3 Å². The molecule has 6 heteroatoms. The Labute approximate surface area is 123 Å². The van der Waals surface area contributed by atoms with E-state index in [9.17, 15) is 0 Å². The van der Waals surface area contributed by atoms with E-state index in [0.717, 1.165) is 26.4 Å². The number of rotatable bonds is 2. The van der Waals surface area contributed by atoms with Gasteiger partial charge in [-0.25, -0.2) is 4.98 Å². The van der Waals surface area contributed by atoms with Gasteiger partial charge in [0.15, 0.2) is 10.7 Å². The van der Waals surface area contributed by atoms with Crippen molar-refractivity contribution >= 4 is 55.4 Å². The average molecular weight is 302 g/mol. The molecule has 0 spiro atoms. The molecule has 2 heterocycles. The van der Waals surface area contributed by atoms with E-state index in [0.29, 0.717) is 11.0 Å². The lowest BCUT2D eigenvalue weighted by Gasteiger charge is -1.92. The second-order valence-corrected chi connectivity index (χ2v) is 5.71. The second-order valence-electron chi connectivity index (χ2n) is 4.24. The summed E-state index contributed by atoms with van der Waals surface area (Å²) in [5, 5.41) is 4.52. The number of hydrogen-bond donors (Lipinski definition) is 1. The van der Waals surface area contributed by atoms with Gasteiger partial charge in [0.2, 0.25) is 0 Å². The van der Waals surface area contributed by atoms with Gasteiger partial charge < -0.3 is 4.42 Å². The molecule has 98 valence electrons. The van der Waals surface area contributed by atoms with E-state index >= 15 is 0 Å². The monoisotopic (exact) mass is 301 g/mol. The summed E-state index contributed by atoms with van der Waals surface area (Å²) in [7, 11) is 0. The zero-order valence-electron chi connectivity index (χ0n) is 10.1. The van der Waals surface area contributed by atoms with Crippen molar-refractivity contribution in [2.75, 3.05) is 5.32 Å². The van der Waals surface area contributed by atoms with Crippen LogP contribution in [-0.2, 0) is 0 Å². The van der Waals surface area contributed by atoms with Gasteiger partial charge in [-0.2, -0.15) is 4.98 Å². The van der Waals surface area contributed by atoms with Crippen LogP contribution in [0.25, 0.3) is 21.3 Å². The van der Waals surface area contributed by atoms with Crippen LogP contribution in [0.5, 0.6) is 0 Å². The summed E-state index contributed by atoms with van der Waals surface area (Å²) >= 11 is 7.48. The van der Waals surface area contributed by atoms with Crippen molar-refractivity contribution in [3.63, 3.8) is 0 Å². The van der Waals surface area contributed by atoms with Crippen LogP contribution in [0.1, 0.15) is 0 Å². The highest BCUT2D eigenvalue weighted by atomic mass is 35.5.